The normalized spacial score (nSPS) is 13.9. The third-order valence-electron chi connectivity index (χ3n) is 5.68. The highest BCUT2D eigenvalue weighted by atomic mass is 19.1. The lowest BCUT2D eigenvalue weighted by Gasteiger charge is -2.29. The van der Waals surface area contributed by atoms with Gasteiger partial charge in [0.1, 0.15) is 28.1 Å². The van der Waals surface area contributed by atoms with Crippen molar-refractivity contribution in [3.8, 4) is 5.75 Å². The number of anilines is 3. The largest absolute Gasteiger partial charge is 0.497 e. The zero-order valence-electron chi connectivity index (χ0n) is 19.3. The third-order valence-corrected chi connectivity index (χ3v) is 5.68. The van der Waals surface area contributed by atoms with Crippen molar-refractivity contribution in [2.75, 3.05) is 43.6 Å². The van der Waals surface area contributed by atoms with Crippen molar-refractivity contribution in [3.05, 3.63) is 76.0 Å². The lowest BCUT2D eigenvalue weighted by molar-refractivity contribution is -0.402. The van der Waals surface area contributed by atoms with E-state index in [0.29, 0.717) is 54.5 Å². The molecule has 1 fully saturated rings. The molecule has 2 aromatic heterocycles. The number of hydrogen-bond acceptors (Lipinski definition) is 9. The highest BCUT2D eigenvalue weighted by Crippen LogP contribution is 2.32. The fraction of sp³-hybridized carbons (Fsp3) is 0.200. The van der Waals surface area contributed by atoms with E-state index < -0.39 is 10.7 Å². The molecule has 0 atom stereocenters. The number of nitrogens with one attached hydrogen (secondary N) is 1. The Labute approximate surface area is 205 Å². The Morgan fingerprint density at radius 1 is 1.11 bits per heavy atom. The Bertz CT molecular complexity index is 1430. The maximum Gasteiger partial charge on any atom is 0.433 e. The molecule has 0 bridgehead atoms. The zero-order valence-corrected chi connectivity index (χ0v) is 19.3. The monoisotopic (exact) mass is 491 g/mol. The second-order valence-electron chi connectivity index (χ2n) is 7.97. The predicted octanol–water partition coefficient (Wildman–Crippen LogP) is 5.03. The Balaban J connectivity index is 1.56. The molecule has 1 aliphatic rings. The Kier molecular flexibility index (Phi) is 6.46. The fourth-order valence-corrected chi connectivity index (χ4v) is 3.87. The molecule has 0 saturated carbocycles. The van der Waals surface area contributed by atoms with Crippen LogP contribution in [0.25, 0.3) is 23.1 Å². The van der Waals surface area contributed by atoms with Gasteiger partial charge in [0.05, 0.1) is 37.6 Å². The van der Waals surface area contributed by atoms with Crippen LogP contribution >= 0.6 is 0 Å². The first-order chi connectivity index (χ1) is 17.5. The molecule has 2 aromatic carbocycles. The molecule has 3 heterocycles. The first-order valence-corrected chi connectivity index (χ1v) is 11.2. The molecule has 4 aromatic rings. The number of nitrogens with zero attached hydrogens (tertiary/aromatic N) is 4. The number of methoxy groups -OCH3 is 1. The molecular weight excluding hydrogens is 469 g/mol. The van der Waals surface area contributed by atoms with Crippen LogP contribution in [0.5, 0.6) is 5.75 Å². The van der Waals surface area contributed by atoms with Gasteiger partial charge in [0.25, 0.3) is 0 Å². The number of nitro groups is 1. The lowest BCUT2D eigenvalue weighted by atomic mass is 10.1. The average molecular weight is 491 g/mol. The maximum atomic E-state index is 15.1. The summed E-state index contributed by atoms with van der Waals surface area (Å²) in [6, 6.07) is 13.2. The van der Waals surface area contributed by atoms with Gasteiger partial charge < -0.3 is 24.1 Å². The number of fused-ring (bicyclic) bond motifs is 1. The molecule has 5 rings (SSSR count). The molecule has 11 heteroatoms. The summed E-state index contributed by atoms with van der Waals surface area (Å²) in [6.45, 7) is 2.22. The summed E-state index contributed by atoms with van der Waals surface area (Å²) in [7, 11) is 1.59. The Morgan fingerprint density at radius 2 is 1.89 bits per heavy atom. The van der Waals surface area contributed by atoms with Crippen LogP contribution in [0, 0.1) is 15.9 Å². The van der Waals surface area contributed by atoms with Gasteiger partial charge >= 0.3 is 5.88 Å². The summed E-state index contributed by atoms with van der Waals surface area (Å²) in [6.07, 6.45) is 3.07. The quantitative estimate of drug-likeness (QED) is 0.281. The van der Waals surface area contributed by atoms with Crippen LogP contribution in [-0.4, -0.2) is 48.3 Å². The SMILES string of the molecule is COc1ccc(Nc2nc(/C=C/c3ccc([N+](=O)[O-])o3)nc3cc(F)c(N4CCOCC4)cc23)cc1. The summed E-state index contributed by atoms with van der Waals surface area (Å²) in [4.78, 5) is 21.3. The topological polar surface area (TPSA) is 116 Å². The lowest BCUT2D eigenvalue weighted by Crippen LogP contribution is -2.36. The van der Waals surface area contributed by atoms with Crippen LogP contribution in [0.4, 0.5) is 27.5 Å². The number of benzene rings is 2. The molecule has 0 aliphatic carbocycles. The van der Waals surface area contributed by atoms with Gasteiger partial charge in [-0.25, -0.2) is 14.4 Å². The minimum absolute atomic E-state index is 0.268. The number of ether oxygens (including phenoxy) is 2. The van der Waals surface area contributed by atoms with Crippen LogP contribution in [0.3, 0.4) is 0 Å². The van der Waals surface area contributed by atoms with Gasteiger partial charge in [-0.2, -0.15) is 0 Å². The van der Waals surface area contributed by atoms with Crippen molar-refractivity contribution in [2.45, 2.75) is 0 Å². The maximum absolute atomic E-state index is 15.1. The number of morpholine rings is 1. The molecule has 184 valence electrons. The van der Waals surface area contributed by atoms with Crippen LogP contribution in [-0.2, 0) is 4.74 Å². The van der Waals surface area contributed by atoms with Crippen LogP contribution < -0.4 is 15.0 Å². The van der Waals surface area contributed by atoms with E-state index in [4.69, 9.17) is 13.9 Å². The van der Waals surface area contributed by atoms with Gasteiger partial charge in [0.2, 0.25) is 0 Å². The first kappa shape index (κ1) is 23.2. The van der Waals surface area contributed by atoms with Gasteiger partial charge in [0, 0.05) is 30.2 Å². The van der Waals surface area contributed by atoms with Crippen molar-refractivity contribution in [2.24, 2.45) is 0 Å². The number of hydrogen-bond donors (Lipinski definition) is 1. The summed E-state index contributed by atoms with van der Waals surface area (Å²) in [5.41, 5.74) is 1.61. The second-order valence-corrected chi connectivity index (χ2v) is 7.97. The van der Waals surface area contributed by atoms with Gasteiger partial charge in [-0.3, -0.25) is 10.1 Å². The van der Waals surface area contributed by atoms with E-state index in [-0.39, 0.29) is 17.5 Å². The molecular formula is C25H22FN5O5. The van der Waals surface area contributed by atoms with Gasteiger partial charge in [0.15, 0.2) is 5.82 Å². The summed E-state index contributed by atoms with van der Waals surface area (Å²) < 4.78 is 30.9. The number of halogens is 1. The molecule has 0 unspecified atom stereocenters. The Hall–Kier alpha value is -4.51. The van der Waals surface area contributed by atoms with Crippen LogP contribution in [0.1, 0.15) is 11.6 Å². The average Bonchev–Trinajstić information content (AvgIpc) is 3.38. The molecule has 0 spiro atoms. The van der Waals surface area contributed by atoms with E-state index in [2.05, 4.69) is 15.3 Å². The molecule has 0 radical (unpaired) electrons. The van der Waals surface area contributed by atoms with Gasteiger partial charge in [-0.1, -0.05) is 0 Å². The number of aromatic nitrogens is 2. The predicted molar refractivity (Wildman–Crippen MR) is 133 cm³/mol. The standard InChI is InChI=1S/C25H22FN5O5/c1-34-17-4-2-16(3-5-17)27-25-19-14-22(30-10-12-35-13-11-30)20(26)15-21(19)28-23(29-25)8-6-18-7-9-24(36-18)31(32)33/h2-9,14-15H,10-13H2,1H3,(H,27,28,29)/b8-6+. The third kappa shape index (κ3) is 4.96. The van der Waals surface area contributed by atoms with E-state index in [1.165, 1.54) is 24.3 Å². The van der Waals surface area contributed by atoms with E-state index in [1.54, 1.807) is 19.3 Å². The number of furan rings is 1. The number of rotatable bonds is 7. The summed E-state index contributed by atoms with van der Waals surface area (Å²) in [5.74, 6) is 0.967. The fourth-order valence-electron chi connectivity index (χ4n) is 3.87. The van der Waals surface area contributed by atoms with Crippen molar-refractivity contribution < 1.29 is 23.2 Å². The van der Waals surface area contributed by atoms with Crippen molar-refractivity contribution in [1.29, 1.82) is 0 Å². The van der Waals surface area contributed by atoms with E-state index in [9.17, 15) is 10.1 Å². The minimum atomic E-state index is -0.616. The van der Waals surface area contributed by atoms with Crippen LogP contribution in [0.15, 0.2) is 52.9 Å². The molecule has 1 aliphatic heterocycles. The molecule has 10 nitrogen and oxygen atoms in total. The van der Waals surface area contributed by atoms with Crippen molar-refractivity contribution >= 4 is 46.1 Å². The van der Waals surface area contributed by atoms with Gasteiger partial charge in [-0.05, 0) is 48.6 Å². The summed E-state index contributed by atoms with van der Waals surface area (Å²) >= 11 is 0. The Morgan fingerprint density at radius 3 is 2.58 bits per heavy atom. The molecule has 1 saturated heterocycles. The molecule has 36 heavy (non-hydrogen) atoms. The van der Waals surface area contributed by atoms with Crippen LogP contribution in [0.2, 0.25) is 0 Å². The van der Waals surface area contributed by atoms with Crippen molar-refractivity contribution in [3.63, 3.8) is 0 Å². The molecule has 0 amide bonds. The van der Waals surface area contributed by atoms with E-state index in [0.717, 1.165) is 5.69 Å². The summed E-state index contributed by atoms with van der Waals surface area (Å²) in [5, 5.41) is 14.8. The van der Waals surface area contributed by atoms with E-state index in [1.807, 2.05) is 29.2 Å². The van der Waals surface area contributed by atoms with E-state index >= 15 is 4.39 Å². The smallest absolute Gasteiger partial charge is 0.433 e. The highest BCUT2D eigenvalue weighted by Gasteiger charge is 2.19. The first-order valence-electron chi connectivity index (χ1n) is 11.2. The van der Waals surface area contributed by atoms with Crippen molar-refractivity contribution in [1.82, 2.24) is 9.97 Å². The van der Waals surface area contributed by atoms with Gasteiger partial charge in [-0.15, -0.1) is 0 Å². The minimum Gasteiger partial charge on any atom is -0.497 e. The zero-order chi connectivity index (χ0) is 25.1. The molecule has 1 N–H and O–H groups in total. The second kappa shape index (κ2) is 10.0. The highest BCUT2D eigenvalue weighted by molar-refractivity contribution is 5.94.